The number of rotatable bonds is 3. The van der Waals surface area contributed by atoms with E-state index in [2.05, 4.69) is 10.1 Å². The molecule has 0 spiro atoms. The van der Waals surface area contributed by atoms with Crippen LogP contribution in [-0.2, 0) is 10.0 Å². The molecule has 0 amide bonds. The Labute approximate surface area is 151 Å². The van der Waals surface area contributed by atoms with Crippen LogP contribution < -0.4 is 0 Å². The standard InChI is InChI=1S/C18H19FN4O2S/c1-12-10-14(19)5-6-17(12)26(24,25)22-9-3-4-15(22)16-7-8-20-18-11-13(2)21-23(16)18/h5-8,10-11,15H,3-4,9H2,1-2H3. The minimum Gasteiger partial charge on any atom is -0.237 e. The summed E-state index contributed by atoms with van der Waals surface area (Å²) in [6, 6.07) is 7.13. The maximum Gasteiger partial charge on any atom is 0.243 e. The fourth-order valence-electron chi connectivity index (χ4n) is 3.63. The van der Waals surface area contributed by atoms with Crippen LogP contribution in [0.15, 0.2) is 41.4 Å². The average molecular weight is 374 g/mol. The molecule has 1 saturated heterocycles. The Morgan fingerprint density at radius 2 is 2.00 bits per heavy atom. The van der Waals surface area contributed by atoms with Gasteiger partial charge in [-0.3, -0.25) is 0 Å². The molecule has 1 fully saturated rings. The monoisotopic (exact) mass is 374 g/mol. The van der Waals surface area contributed by atoms with Crippen LogP contribution in [0.3, 0.4) is 0 Å². The van der Waals surface area contributed by atoms with Crippen molar-refractivity contribution in [2.45, 2.75) is 37.6 Å². The van der Waals surface area contributed by atoms with E-state index in [1.54, 1.807) is 17.6 Å². The summed E-state index contributed by atoms with van der Waals surface area (Å²) in [5.41, 5.74) is 2.73. The van der Waals surface area contributed by atoms with E-state index in [4.69, 9.17) is 0 Å². The van der Waals surface area contributed by atoms with Crippen molar-refractivity contribution < 1.29 is 12.8 Å². The first-order valence-electron chi connectivity index (χ1n) is 8.47. The number of benzene rings is 1. The SMILES string of the molecule is Cc1cc2nccc(C3CCCN3S(=O)(=O)c3ccc(F)cc3C)n2n1. The van der Waals surface area contributed by atoms with Gasteiger partial charge in [0.1, 0.15) is 5.82 Å². The van der Waals surface area contributed by atoms with Crippen molar-refractivity contribution in [3.63, 3.8) is 0 Å². The zero-order valence-electron chi connectivity index (χ0n) is 14.6. The first-order valence-corrected chi connectivity index (χ1v) is 9.91. The van der Waals surface area contributed by atoms with Gasteiger partial charge in [-0.05, 0) is 56.5 Å². The summed E-state index contributed by atoms with van der Waals surface area (Å²) >= 11 is 0. The van der Waals surface area contributed by atoms with Crippen LogP contribution in [0.4, 0.5) is 4.39 Å². The Hall–Kier alpha value is -2.32. The van der Waals surface area contributed by atoms with E-state index in [0.717, 1.165) is 17.8 Å². The molecule has 26 heavy (non-hydrogen) atoms. The highest BCUT2D eigenvalue weighted by molar-refractivity contribution is 7.89. The minimum atomic E-state index is -3.74. The second kappa shape index (κ2) is 6.14. The smallest absolute Gasteiger partial charge is 0.237 e. The average Bonchev–Trinajstić information content (AvgIpc) is 3.19. The van der Waals surface area contributed by atoms with Gasteiger partial charge in [0.2, 0.25) is 10.0 Å². The van der Waals surface area contributed by atoms with E-state index in [9.17, 15) is 12.8 Å². The van der Waals surface area contributed by atoms with Gasteiger partial charge in [0.05, 0.1) is 22.3 Å². The summed E-state index contributed by atoms with van der Waals surface area (Å²) in [6.07, 6.45) is 3.14. The molecule has 1 unspecified atom stereocenters. The van der Waals surface area contributed by atoms with E-state index in [0.29, 0.717) is 24.2 Å². The molecule has 2 aromatic heterocycles. The molecule has 1 aliphatic heterocycles. The van der Waals surface area contributed by atoms with E-state index >= 15 is 0 Å². The molecular weight excluding hydrogens is 355 g/mol. The lowest BCUT2D eigenvalue weighted by Gasteiger charge is -2.25. The molecule has 8 heteroatoms. The predicted molar refractivity (Wildman–Crippen MR) is 94.7 cm³/mol. The second-order valence-electron chi connectivity index (χ2n) is 6.61. The van der Waals surface area contributed by atoms with Gasteiger partial charge in [-0.1, -0.05) is 0 Å². The molecule has 3 aromatic rings. The summed E-state index contributed by atoms with van der Waals surface area (Å²) in [4.78, 5) is 4.44. The van der Waals surface area contributed by atoms with E-state index < -0.39 is 15.8 Å². The van der Waals surface area contributed by atoms with Gasteiger partial charge >= 0.3 is 0 Å². The van der Waals surface area contributed by atoms with Gasteiger partial charge in [-0.15, -0.1) is 0 Å². The van der Waals surface area contributed by atoms with Gasteiger partial charge in [-0.2, -0.15) is 9.40 Å². The molecule has 1 aliphatic rings. The molecule has 0 radical (unpaired) electrons. The normalized spacial score (nSPS) is 18.7. The van der Waals surface area contributed by atoms with Crippen LogP contribution in [-0.4, -0.2) is 33.9 Å². The molecule has 1 atom stereocenters. The molecule has 1 aromatic carbocycles. The molecule has 0 N–H and O–H groups in total. The van der Waals surface area contributed by atoms with Crippen molar-refractivity contribution in [1.82, 2.24) is 18.9 Å². The molecule has 3 heterocycles. The first-order chi connectivity index (χ1) is 12.4. The van der Waals surface area contributed by atoms with Crippen LogP contribution in [0.1, 0.15) is 35.8 Å². The molecule has 6 nitrogen and oxygen atoms in total. The Kier molecular flexibility index (Phi) is 4.04. The Morgan fingerprint density at radius 1 is 1.19 bits per heavy atom. The summed E-state index contributed by atoms with van der Waals surface area (Å²) < 4.78 is 43.1. The van der Waals surface area contributed by atoms with Gasteiger partial charge in [-0.25, -0.2) is 22.3 Å². The zero-order chi connectivity index (χ0) is 18.5. The van der Waals surface area contributed by atoms with Crippen molar-refractivity contribution in [2.75, 3.05) is 6.54 Å². The Balaban J connectivity index is 1.81. The maximum atomic E-state index is 13.4. The predicted octanol–water partition coefficient (Wildman–Crippen LogP) is 3.01. The lowest BCUT2D eigenvalue weighted by atomic mass is 10.1. The first kappa shape index (κ1) is 17.1. The van der Waals surface area contributed by atoms with Crippen LogP contribution in [0.25, 0.3) is 5.65 Å². The third kappa shape index (κ3) is 2.69. The van der Waals surface area contributed by atoms with Crippen LogP contribution in [0.2, 0.25) is 0 Å². The number of halogens is 1. The number of hydrogen-bond acceptors (Lipinski definition) is 4. The number of aryl methyl sites for hydroxylation is 2. The second-order valence-corrected chi connectivity index (χ2v) is 8.47. The fourth-order valence-corrected chi connectivity index (χ4v) is 5.51. The molecule has 4 rings (SSSR count). The van der Waals surface area contributed by atoms with Gasteiger partial charge in [0, 0.05) is 18.8 Å². The number of nitrogens with zero attached hydrogens (tertiary/aromatic N) is 4. The van der Waals surface area contributed by atoms with Crippen molar-refractivity contribution in [2.24, 2.45) is 0 Å². The Bertz CT molecular complexity index is 1090. The molecule has 0 aliphatic carbocycles. The van der Waals surface area contributed by atoms with Crippen molar-refractivity contribution >= 4 is 15.7 Å². The largest absolute Gasteiger partial charge is 0.243 e. The minimum absolute atomic E-state index is 0.146. The van der Waals surface area contributed by atoms with Crippen molar-refractivity contribution in [3.05, 3.63) is 59.3 Å². The van der Waals surface area contributed by atoms with Crippen LogP contribution >= 0.6 is 0 Å². The summed E-state index contributed by atoms with van der Waals surface area (Å²) in [5, 5.41) is 4.46. The number of hydrogen-bond donors (Lipinski definition) is 0. The van der Waals surface area contributed by atoms with E-state index in [1.807, 2.05) is 19.1 Å². The topological polar surface area (TPSA) is 67.6 Å². The van der Waals surface area contributed by atoms with Crippen molar-refractivity contribution in [1.29, 1.82) is 0 Å². The third-order valence-electron chi connectivity index (χ3n) is 4.78. The summed E-state index contributed by atoms with van der Waals surface area (Å²) in [5.74, 6) is -0.442. The fraction of sp³-hybridized carbons (Fsp3) is 0.333. The lowest BCUT2D eigenvalue weighted by molar-refractivity contribution is 0.385. The number of fused-ring (bicyclic) bond motifs is 1. The van der Waals surface area contributed by atoms with Gasteiger partial charge < -0.3 is 0 Å². The quantitative estimate of drug-likeness (QED) is 0.707. The molecule has 136 valence electrons. The third-order valence-corrected chi connectivity index (χ3v) is 6.85. The van der Waals surface area contributed by atoms with E-state index in [1.165, 1.54) is 22.5 Å². The van der Waals surface area contributed by atoms with Crippen molar-refractivity contribution in [3.8, 4) is 0 Å². The molecule has 0 bridgehead atoms. The van der Waals surface area contributed by atoms with E-state index in [-0.39, 0.29) is 10.9 Å². The molecular formula is C18H19FN4O2S. The lowest BCUT2D eigenvalue weighted by Crippen LogP contribution is -2.32. The highest BCUT2D eigenvalue weighted by Gasteiger charge is 2.38. The highest BCUT2D eigenvalue weighted by Crippen LogP contribution is 2.37. The van der Waals surface area contributed by atoms with Gasteiger partial charge in [0.15, 0.2) is 5.65 Å². The number of sulfonamides is 1. The Morgan fingerprint density at radius 3 is 2.77 bits per heavy atom. The highest BCUT2D eigenvalue weighted by atomic mass is 32.2. The van der Waals surface area contributed by atoms with Crippen LogP contribution in [0.5, 0.6) is 0 Å². The zero-order valence-corrected chi connectivity index (χ0v) is 15.4. The number of aromatic nitrogens is 3. The maximum absolute atomic E-state index is 13.4. The molecule has 0 saturated carbocycles. The van der Waals surface area contributed by atoms with Crippen LogP contribution in [0, 0.1) is 19.7 Å². The van der Waals surface area contributed by atoms with Gasteiger partial charge in [0.25, 0.3) is 0 Å². The summed E-state index contributed by atoms with van der Waals surface area (Å²) in [7, 11) is -3.74. The summed E-state index contributed by atoms with van der Waals surface area (Å²) in [6.45, 7) is 3.92.